The Hall–Kier alpha value is -4.18. The minimum Gasteiger partial charge on any atom is -0.493 e. The van der Waals surface area contributed by atoms with E-state index >= 15 is 0 Å². The molecule has 2 aliphatic heterocycles. The number of hydrogen-bond donors (Lipinski definition) is 0. The number of aromatic nitrogens is 1. The van der Waals surface area contributed by atoms with E-state index in [1.54, 1.807) is 44.1 Å². The second-order valence-electron chi connectivity index (χ2n) is 8.91. The number of para-hydroxylation sites is 1. The highest BCUT2D eigenvalue weighted by Crippen LogP contribution is 2.37. The normalized spacial score (nSPS) is 17.5. The molecule has 3 heterocycles. The van der Waals surface area contributed by atoms with Gasteiger partial charge in [0.1, 0.15) is 4.53 Å². The number of rotatable bonds is 7. The highest BCUT2D eigenvalue weighted by Gasteiger charge is 2.37. The molecule has 39 heavy (non-hydrogen) atoms. The first-order valence-corrected chi connectivity index (χ1v) is 13.6. The topological polar surface area (TPSA) is 99.4 Å². The fourth-order valence-electron chi connectivity index (χ4n) is 5.10. The summed E-state index contributed by atoms with van der Waals surface area (Å²) in [5.74, 6) is 0.222. The predicted molar refractivity (Wildman–Crippen MR) is 148 cm³/mol. The van der Waals surface area contributed by atoms with Crippen LogP contribution in [-0.2, 0) is 14.3 Å². The van der Waals surface area contributed by atoms with E-state index in [1.807, 2.05) is 38.1 Å². The standard InChI is InChI=1S/C29H29N3O6S/c1-6-31-19-12-10-9-11-18(19)23(26(31)33)25-27(34)32-24(17-13-14-20(36-5)21(15-17)37-7-2)22(28(35)38-8-3)16(4)30-29(32)39-25/h9-15,24H,6-8H2,1-5H3/b25-23+/t24-/m1/s1. The Morgan fingerprint density at radius 3 is 2.51 bits per heavy atom. The Bertz CT molecular complexity index is 1700. The van der Waals surface area contributed by atoms with Gasteiger partial charge in [0.15, 0.2) is 16.3 Å². The van der Waals surface area contributed by atoms with Gasteiger partial charge in [-0.25, -0.2) is 9.79 Å². The summed E-state index contributed by atoms with van der Waals surface area (Å²) < 4.78 is 18.4. The minimum atomic E-state index is -0.839. The van der Waals surface area contributed by atoms with Crippen LogP contribution in [0.5, 0.6) is 11.5 Å². The van der Waals surface area contributed by atoms with Crippen molar-refractivity contribution in [3.8, 4) is 11.5 Å². The zero-order valence-corrected chi connectivity index (χ0v) is 23.3. The number of likely N-dealkylation sites (N-methyl/N-ethyl adjacent to an activating group) is 1. The van der Waals surface area contributed by atoms with Gasteiger partial charge in [0.05, 0.1) is 48.9 Å². The van der Waals surface area contributed by atoms with Crippen LogP contribution >= 0.6 is 11.3 Å². The summed E-state index contributed by atoms with van der Waals surface area (Å²) >= 11 is 1.15. The fourth-order valence-corrected chi connectivity index (χ4v) is 6.24. The molecule has 0 bridgehead atoms. The average Bonchev–Trinajstić information content (AvgIpc) is 3.39. The maximum absolute atomic E-state index is 14.2. The Morgan fingerprint density at radius 1 is 1.05 bits per heavy atom. The Balaban J connectivity index is 1.82. The molecule has 1 amide bonds. The van der Waals surface area contributed by atoms with E-state index in [9.17, 15) is 14.4 Å². The summed E-state index contributed by atoms with van der Waals surface area (Å²) in [6.45, 7) is 8.25. The number of carbonyl (C=O) groups excluding carboxylic acids is 2. The van der Waals surface area contributed by atoms with Crippen molar-refractivity contribution in [1.29, 1.82) is 0 Å². The van der Waals surface area contributed by atoms with E-state index in [1.165, 1.54) is 4.57 Å². The first kappa shape index (κ1) is 26.4. The van der Waals surface area contributed by atoms with Gasteiger partial charge < -0.3 is 19.1 Å². The van der Waals surface area contributed by atoms with Crippen LogP contribution in [0.25, 0.3) is 5.57 Å². The second kappa shape index (κ2) is 10.5. The summed E-state index contributed by atoms with van der Waals surface area (Å²) in [6.07, 6.45) is 0. The number of allylic oxidation sites excluding steroid dienone is 1. The molecule has 0 saturated carbocycles. The quantitative estimate of drug-likeness (QED) is 0.422. The third-order valence-electron chi connectivity index (χ3n) is 6.76. The molecule has 0 fully saturated rings. The van der Waals surface area contributed by atoms with Crippen molar-refractivity contribution in [1.82, 2.24) is 4.57 Å². The number of methoxy groups -OCH3 is 1. The second-order valence-corrected chi connectivity index (χ2v) is 9.89. The maximum Gasteiger partial charge on any atom is 0.338 e. The lowest BCUT2D eigenvalue weighted by atomic mass is 9.95. The molecule has 3 aromatic rings. The predicted octanol–water partition coefficient (Wildman–Crippen LogP) is 2.94. The zero-order chi connectivity index (χ0) is 27.8. The van der Waals surface area contributed by atoms with Crippen molar-refractivity contribution in [2.24, 2.45) is 4.99 Å². The van der Waals surface area contributed by atoms with Gasteiger partial charge in [-0.15, -0.1) is 0 Å². The van der Waals surface area contributed by atoms with Gasteiger partial charge in [-0.3, -0.25) is 14.2 Å². The summed E-state index contributed by atoms with van der Waals surface area (Å²) in [5.41, 5.74) is 2.74. The molecule has 0 aliphatic carbocycles. The third-order valence-corrected chi connectivity index (χ3v) is 7.82. The third kappa shape index (κ3) is 4.24. The summed E-state index contributed by atoms with van der Waals surface area (Å²) in [6, 6.07) is 11.9. The molecule has 1 aromatic heterocycles. The molecular formula is C29H29N3O6S. The molecule has 202 valence electrons. The highest BCUT2D eigenvalue weighted by molar-refractivity contribution is 7.07. The molecule has 1 atom stereocenters. The molecule has 2 aromatic carbocycles. The summed E-state index contributed by atoms with van der Waals surface area (Å²) in [4.78, 5) is 47.6. The smallest absolute Gasteiger partial charge is 0.338 e. The molecule has 0 N–H and O–H groups in total. The number of nitrogens with zero attached hydrogens (tertiary/aromatic N) is 3. The SMILES string of the molecule is CCOC(=O)C1=C(C)N=c2s/c(=C3/C(=O)N(CC)c4ccccc43)c(=O)n2[C@@H]1c1ccc(OC)c(OCC)c1. The molecule has 2 aliphatic rings. The number of ether oxygens (including phenoxy) is 3. The van der Waals surface area contributed by atoms with E-state index in [4.69, 9.17) is 14.2 Å². The van der Waals surface area contributed by atoms with E-state index in [0.717, 1.165) is 17.0 Å². The van der Waals surface area contributed by atoms with Crippen LogP contribution in [0.3, 0.4) is 0 Å². The van der Waals surface area contributed by atoms with Gasteiger partial charge in [0.25, 0.3) is 11.5 Å². The summed E-state index contributed by atoms with van der Waals surface area (Å²) in [5, 5.41) is 0. The average molecular weight is 548 g/mol. The van der Waals surface area contributed by atoms with Gasteiger partial charge in [-0.05, 0) is 51.5 Å². The van der Waals surface area contributed by atoms with Crippen molar-refractivity contribution in [3.05, 3.63) is 84.5 Å². The number of fused-ring (bicyclic) bond motifs is 2. The van der Waals surface area contributed by atoms with Crippen molar-refractivity contribution < 1.29 is 23.8 Å². The Labute approximate surface area is 229 Å². The minimum absolute atomic E-state index is 0.169. The number of carbonyl (C=O) groups is 2. The van der Waals surface area contributed by atoms with Gasteiger partial charge in [-0.1, -0.05) is 35.6 Å². The van der Waals surface area contributed by atoms with Gasteiger partial charge in [-0.2, -0.15) is 0 Å². The van der Waals surface area contributed by atoms with Crippen molar-refractivity contribution in [3.63, 3.8) is 0 Å². The van der Waals surface area contributed by atoms with Crippen molar-refractivity contribution in [2.75, 3.05) is 31.8 Å². The Kier molecular flexibility index (Phi) is 7.14. The Morgan fingerprint density at radius 2 is 1.82 bits per heavy atom. The molecule has 9 nitrogen and oxygen atoms in total. The van der Waals surface area contributed by atoms with Gasteiger partial charge >= 0.3 is 5.97 Å². The lowest BCUT2D eigenvalue weighted by Crippen LogP contribution is -2.41. The fraction of sp³-hybridized carbons (Fsp3) is 0.310. The van der Waals surface area contributed by atoms with E-state index in [-0.39, 0.29) is 22.6 Å². The van der Waals surface area contributed by atoms with Gasteiger partial charge in [0, 0.05) is 12.1 Å². The number of amides is 1. The highest BCUT2D eigenvalue weighted by atomic mass is 32.1. The monoisotopic (exact) mass is 547 g/mol. The van der Waals surface area contributed by atoms with Crippen molar-refractivity contribution >= 4 is 34.5 Å². The van der Waals surface area contributed by atoms with Crippen LogP contribution in [0.15, 0.2) is 63.5 Å². The number of benzene rings is 2. The van der Waals surface area contributed by atoms with E-state index < -0.39 is 17.6 Å². The maximum atomic E-state index is 14.2. The van der Waals surface area contributed by atoms with Crippen LogP contribution in [0, 0.1) is 0 Å². The zero-order valence-electron chi connectivity index (χ0n) is 22.4. The first-order chi connectivity index (χ1) is 18.9. The number of hydrogen-bond acceptors (Lipinski definition) is 8. The molecule has 10 heteroatoms. The number of esters is 1. The van der Waals surface area contributed by atoms with Crippen LogP contribution in [0.4, 0.5) is 5.69 Å². The van der Waals surface area contributed by atoms with Crippen LogP contribution in [0.1, 0.15) is 44.9 Å². The molecule has 5 rings (SSSR count). The molecule has 0 spiro atoms. The lowest BCUT2D eigenvalue weighted by molar-refractivity contribution is -0.139. The van der Waals surface area contributed by atoms with E-state index in [0.29, 0.717) is 51.8 Å². The first-order valence-electron chi connectivity index (χ1n) is 12.8. The molecule has 0 radical (unpaired) electrons. The van der Waals surface area contributed by atoms with Crippen LogP contribution < -0.4 is 29.3 Å². The van der Waals surface area contributed by atoms with Crippen molar-refractivity contribution in [2.45, 2.75) is 33.7 Å². The van der Waals surface area contributed by atoms with Crippen LogP contribution in [-0.4, -0.2) is 43.3 Å². The number of anilines is 1. The molecule has 0 unspecified atom stereocenters. The van der Waals surface area contributed by atoms with Gasteiger partial charge in [0.2, 0.25) is 0 Å². The van der Waals surface area contributed by atoms with Crippen LogP contribution in [0.2, 0.25) is 0 Å². The largest absolute Gasteiger partial charge is 0.493 e. The summed E-state index contributed by atoms with van der Waals surface area (Å²) in [7, 11) is 1.55. The molecule has 0 saturated heterocycles. The lowest BCUT2D eigenvalue weighted by Gasteiger charge is -2.25. The van der Waals surface area contributed by atoms with E-state index in [2.05, 4.69) is 4.99 Å². The number of thiazole rings is 1. The molecular weight excluding hydrogens is 518 g/mol.